The van der Waals surface area contributed by atoms with Crippen molar-refractivity contribution in [3.8, 4) is 0 Å². The summed E-state index contributed by atoms with van der Waals surface area (Å²) in [7, 11) is 0. The Labute approximate surface area is 102 Å². The minimum atomic E-state index is 0.212. The zero-order chi connectivity index (χ0) is 11.5. The van der Waals surface area contributed by atoms with Gasteiger partial charge in [-0.1, -0.05) is 24.6 Å². The molecular weight excluding hydrogens is 222 g/mol. The molecule has 1 aromatic rings. The average Bonchev–Trinajstić information content (AvgIpc) is 2.67. The molecule has 0 aromatic heterocycles. The second-order valence-corrected chi connectivity index (χ2v) is 4.91. The smallest absolute Gasteiger partial charge is 0.0584 e. The van der Waals surface area contributed by atoms with Crippen LogP contribution in [0.2, 0.25) is 5.02 Å². The molecule has 0 amide bonds. The lowest BCUT2D eigenvalue weighted by Gasteiger charge is -2.19. The van der Waals surface area contributed by atoms with Crippen molar-refractivity contribution < 1.29 is 5.11 Å². The van der Waals surface area contributed by atoms with Crippen LogP contribution in [0.3, 0.4) is 0 Å². The van der Waals surface area contributed by atoms with Crippen molar-refractivity contribution in [1.29, 1.82) is 0 Å². The van der Waals surface area contributed by atoms with Gasteiger partial charge < -0.3 is 10.4 Å². The van der Waals surface area contributed by atoms with Gasteiger partial charge in [-0.05, 0) is 42.5 Å². The van der Waals surface area contributed by atoms with Gasteiger partial charge in [0.25, 0.3) is 0 Å². The first kappa shape index (κ1) is 11.9. The number of aliphatic hydroxyl groups is 1. The van der Waals surface area contributed by atoms with Gasteiger partial charge in [-0.3, -0.25) is 0 Å². The molecule has 0 aliphatic heterocycles. The number of aliphatic hydroxyl groups excluding tert-OH is 1. The van der Waals surface area contributed by atoms with Gasteiger partial charge >= 0.3 is 0 Å². The van der Waals surface area contributed by atoms with E-state index in [0.717, 1.165) is 24.3 Å². The van der Waals surface area contributed by atoms with E-state index in [-0.39, 0.29) is 12.6 Å². The summed E-state index contributed by atoms with van der Waals surface area (Å²) in [6, 6.07) is 6.78. The monoisotopic (exact) mass is 239 g/mol. The molecule has 0 saturated carbocycles. The Balaban J connectivity index is 2.00. The molecule has 2 nitrogen and oxygen atoms in total. The fraction of sp³-hybridized carbons (Fsp3) is 0.538. The SMILES string of the molecule is CC[C@@H](CO)NC1Cc2ccc(Cl)cc2C1. The standard InChI is InChI=1S/C13H18ClNO/c1-2-12(8-16)15-13-6-9-3-4-11(14)5-10(9)7-13/h3-5,12-13,15-16H,2,6-8H2,1H3/t12-,13?/m0/s1. The van der Waals surface area contributed by atoms with E-state index in [1.807, 2.05) is 6.07 Å². The van der Waals surface area contributed by atoms with E-state index in [1.165, 1.54) is 11.1 Å². The maximum atomic E-state index is 9.16. The third-order valence-electron chi connectivity index (χ3n) is 3.29. The quantitative estimate of drug-likeness (QED) is 0.844. The molecule has 0 radical (unpaired) electrons. The van der Waals surface area contributed by atoms with Gasteiger partial charge in [0.15, 0.2) is 0 Å². The fourth-order valence-electron chi connectivity index (χ4n) is 2.34. The largest absolute Gasteiger partial charge is 0.395 e. The van der Waals surface area contributed by atoms with Crippen molar-refractivity contribution in [1.82, 2.24) is 5.32 Å². The lowest BCUT2D eigenvalue weighted by atomic mass is 10.1. The highest BCUT2D eigenvalue weighted by molar-refractivity contribution is 6.30. The van der Waals surface area contributed by atoms with Crippen LogP contribution in [0.25, 0.3) is 0 Å². The van der Waals surface area contributed by atoms with Crippen LogP contribution < -0.4 is 5.32 Å². The van der Waals surface area contributed by atoms with Gasteiger partial charge in [0, 0.05) is 17.1 Å². The molecule has 3 heteroatoms. The third-order valence-corrected chi connectivity index (χ3v) is 3.52. The van der Waals surface area contributed by atoms with Crippen LogP contribution in [0.15, 0.2) is 18.2 Å². The second-order valence-electron chi connectivity index (χ2n) is 4.47. The highest BCUT2D eigenvalue weighted by atomic mass is 35.5. The molecule has 0 fully saturated rings. The van der Waals surface area contributed by atoms with E-state index >= 15 is 0 Å². The normalized spacial score (nSPS) is 20.8. The van der Waals surface area contributed by atoms with Crippen molar-refractivity contribution in [3.63, 3.8) is 0 Å². The fourth-order valence-corrected chi connectivity index (χ4v) is 2.53. The number of rotatable bonds is 4. The van der Waals surface area contributed by atoms with Gasteiger partial charge in [0.2, 0.25) is 0 Å². The summed E-state index contributed by atoms with van der Waals surface area (Å²) < 4.78 is 0. The molecule has 0 saturated heterocycles. The predicted molar refractivity (Wildman–Crippen MR) is 66.9 cm³/mol. The molecular formula is C13H18ClNO. The van der Waals surface area contributed by atoms with Crippen LogP contribution in [0, 0.1) is 0 Å². The number of hydrogen-bond donors (Lipinski definition) is 2. The van der Waals surface area contributed by atoms with Gasteiger partial charge in [-0.25, -0.2) is 0 Å². The van der Waals surface area contributed by atoms with Crippen molar-refractivity contribution in [2.75, 3.05) is 6.61 Å². The minimum absolute atomic E-state index is 0.212. The molecule has 16 heavy (non-hydrogen) atoms. The molecule has 0 bridgehead atoms. The highest BCUT2D eigenvalue weighted by Crippen LogP contribution is 2.25. The first-order valence-electron chi connectivity index (χ1n) is 5.87. The van der Waals surface area contributed by atoms with Gasteiger partial charge in [0.1, 0.15) is 0 Å². The topological polar surface area (TPSA) is 32.3 Å². The molecule has 88 valence electrons. The summed E-state index contributed by atoms with van der Waals surface area (Å²) in [6.45, 7) is 2.30. The molecule has 1 aromatic carbocycles. The maximum Gasteiger partial charge on any atom is 0.0584 e. The number of fused-ring (bicyclic) bond motifs is 1. The Bertz CT molecular complexity index is 363. The summed E-state index contributed by atoms with van der Waals surface area (Å²) in [5, 5.41) is 13.5. The van der Waals surface area contributed by atoms with Crippen LogP contribution in [0.4, 0.5) is 0 Å². The number of halogens is 1. The molecule has 1 aliphatic carbocycles. The van der Waals surface area contributed by atoms with E-state index in [9.17, 15) is 0 Å². The number of nitrogens with one attached hydrogen (secondary N) is 1. The molecule has 0 spiro atoms. The van der Waals surface area contributed by atoms with E-state index in [4.69, 9.17) is 16.7 Å². The summed E-state index contributed by atoms with van der Waals surface area (Å²) in [6.07, 6.45) is 3.03. The zero-order valence-corrected chi connectivity index (χ0v) is 10.3. The first-order valence-corrected chi connectivity index (χ1v) is 6.25. The first-order chi connectivity index (χ1) is 7.72. The maximum absolute atomic E-state index is 9.16. The van der Waals surface area contributed by atoms with E-state index in [0.29, 0.717) is 6.04 Å². The third kappa shape index (κ3) is 2.57. The van der Waals surface area contributed by atoms with Gasteiger partial charge in [0.05, 0.1) is 6.61 Å². The van der Waals surface area contributed by atoms with E-state index < -0.39 is 0 Å². The van der Waals surface area contributed by atoms with Gasteiger partial charge in [-0.2, -0.15) is 0 Å². The van der Waals surface area contributed by atoms with Crippen LogP contribution in [-0.4, -0.2) is 23.8 Å². The summed E-state index contributed by atoms with van der Waals surface area (Å²) in [5.74, 6) is 0. The van der Waals surface area contributed by atoms with Crippen molar-refractivity contribution in [2.45, 2.75) is 38.3 Å². The van der Waals surface area contributed by atoms with Crippen molar-refractivity contribution in [3.05, 3.63) is 34.3 Å². The Morgan fingerprint density at radius 2 is 2.19 bits per heavy atom. The predicted octanol–water partition coefficient (Wildman–Crippen LogP) is 2.17. The lowest BCUT2D eigenvalue weighted by Crippen LogP contribution is -2.40. The van der Waals surface area contributed by atoms with Crippen molar-refractivity contribution in [2.24, 2.45) is 0 Å². The van der Waals surface area contributed by atoms with Crippen LogP contribution >= 0.6 is 11.6 Å². The minimum Gasteiger partial charge on any atom is -0.395 e. The number of benzene rings is 1. The van der Waals surface area contributed by atoms with Gasteiger partial charge in [-0.15, -0.1) is 0 Å². The Morgan fingerprint density at radius 1 is 1.44 bits per heavy atom. The molecule has 2 N–H and O–H groups in total. The lowest BCUT2D eigenvalue weighted by molar-refractivity contribution is 0.228. The molecule has 1 unspecified atom stereocenters. The van der Waals surface area contributed by atoms with Crippen LogP contribution in [-0.2, 0) is 12.8 Å². The zero-order valence-electron chi connectivity index (χ0n) is 9.54. The average molecular weight is 240 g/mol. The van der Waals surface area contributed by atoms with E-state index in [1.54, 1.807) is 0 Å². The number of hydrogen-bond acceptors (Lipinski definition) is 2. The molecule has 1 aliphatic rings. The highest BCUT2D eigenvalue weighted by Gasteiger charge is 2.22. The van der Waals surface area contributed by atoms with Crippen LogP contribution in [0.5, 0.6) is 0 Å². The van der Waals surface area contributed by atoms with Crippen molar-refractivity contribution >= 4 is 11.6 Å². The molecule has 2 atom stereocenters. The molecule has 0 heterocycles. The van der Waals surface area contributed by atoms with Crippen LogP contribution in [0.1, 0.15) is 24.5 Å². The Hall–Kier alpha value is -0.570. The summed E-state index contributed by atoms with van der Waals surface area (Å²) in [5.41, 5.74) is 2.73. The second kappa shape index (κ2) is 5.17. The summed E-state index contributed by atoms with van der Waals surface area (Å²) >= 11 is 5.97. The molecule has 2 rings (SSSR count). The summed E-state index contributed by atoms with van der Waals surface area (Å²) in [4.78, 5) is 0. The Morgan fingerprint density at radius 3 is 2.88 bits per heavy atom. The Kier molecular flexibility index (Phi) is 3.85. The van der Waals surface area contributed by atoms with E-state index in [2.05, 4.69) is 24.4 Å².